The van der Waals surface area contributed by atoms with Crippen LogP contribution in [0, 0.1) is 18.3 Å². The quantitative estimate of drug-likeness (QED) is 0.363. The predicted octanol–water partition coefficient (Wildman–Crippen LogP) is 3.59. The molecule has 7 heteroatoms. The normalized spacial score (nSPS) is 10.9. The van der Waals surface area contributed by atoms with Crippen LogP contribution in [0.25, 0.3) is 11.8 Å². The van der Waals surface area contributed by atoms with E-state index in [9.17, 15) is 14.9 Å². The molecule has 0 unspecified atom stereocenters. The second kappa shape index (κ2) is 9.46. The van der Waals surface area contributed by atoms with E-state index in [0.29, 0.717) is 29.3 Å². The topological polar surface area (TPSA) is 89.0 Å². The largest absolute Gasteiger partial charge is 0.490 e. The molecule has 1 heterocycles. The summed E-state index contributed by atoms with van der Waals surface area (Å²) in [4.78, 5) is 25.7. The summed E-state index contributed by atoms with van der Waals surface area (Å²) in [5.74, 6) is 0.00174. The Morgan fingerprint density at radius 3 is 2.48 bits per heavy atom. The Morgan fingerprint density at radius 1 is 1.19 bits per heavy atom. The second-order valence-corrected chi connectivity index (χ2v) is 6.73. The lowest BCUT2D eigenvalue weighted by Crippen LogP contribution is -2.23. The summed E-state index contributed by atoms with van der Waals surface area (Å²) in [7, 11) is 1.73. The van der Waals surface area contributed by atoms with E-state index in [4.69, 9.17) is 4.74 Å². The minimum Gasteiger partial charge on any atom is -0.490 e. The van der Waals surface area contributed by atoms with Crippen LogP contribution >= 0.6 is 0 Å². The van der Waals surface area contributed by atoms with E-state index >= 15 is 0 Å². The fourth-order valence-corrected chi connectivity index (χ4v) is 3.02. The standard InChI is InChI=1S/C24H22N4O3/c1-4-14-31-21-12-10-18(11-13-21)15-19(16-25)23(29)26-22-17(2)27(3)28(24(22)30)20-8-6-5-7-9-20/h4-13,15H,1,14H2,2-3H3,(H,26,29). The molecule has 0 bridgehead atoms. The number of amides is 1. The van der Waals surface area contributed by atoms with Crippen molar-refractivity contribution in [2.24, 2.45) is 7.05 Å². The van der Waals surface area contributed by atoms with E-state index in [1.165, 1.54) is 10.8 Å². The molecule has 0 radical (unpaired) electrons. The maximum Gasteiger partial charge on any atom is 0.295 e. The fourth-order valence-electron chi connectivity index (χ4n) is 3.02. The lowest BCUT2D eigenvalue weighted by Gasteiger charge is -2.07. The summed E-state index contributed by atoms with van der Waals surface area (Å²) in [6.45, 7) is 5.71. The van der Waals surface area contributed by atoms with E-state index in [-0.39, 0.29) is 16.8 Å². The average Bonchev–Trinajstić information content (AvgIpc) is 3.00. The SMILES string of the molecule is C=CCOc1ccc(C=C(C#N)C(=O)Nc2c(C)n(C)n(-c3ccccc3)c2=O)cc1. The van der Waals surface area contributed by atoms with E-state index < -0.39 is 5.91 Å². The Labute approximate surface area is 180 Å². The number of anilines is 1. The Balaban J connectivity index is 1.86. The van der Waals surface area contributed by atoms with Crippen molar-refractivity contribution >= 4 is 17.7 Å². The van der Waals surface area contributed by atoms with E-state index in [2.05, 4.69) is 11.9 Å². The van der Waals surface area contributed by atoms with Gasteiger partial charge in [-0.3, -0.25) is 14.3 Å². The van der Waals surface area contributed by atoms with Gasteiger partial charge in [0.05, 0.1) is 11.4 Å². The second-order valence-electron chi connectivity index (χ2n) is 6.73. The summed E-state index contributed by atoms with van der Waals surface area (Å²) in [6.07, 6.45) is 3.10. The first-order chi connectivity index (χ1) is 15.0. The van der Waals surface area contributed by atoms with Gasteiger partial charge >= 0.3 is 0 Å². The molecule has 31 heavy (non-hydrogen) atoms. The first kappa shape index (κ1) is 21.4. The van der Waals surface area contributed by atoms with Crippen molar-refractivity contribution in [2.75, 3.05) is 11.9 Å². The third-order valence-electron chi connectivity index (χ3n) is 4.72. The molecule has 0 aliphatic heterocycles. The summed E-state index contributed by atoms with van der Waals surface area (Å²) in [6, 6.07) is 18.0. The molecule has 1 aromatic heterocycles. The highest BCUT2D eigenvalue weighted by Crippen LogP contribution is 2.17. The van der Waals surface area contributed by atoms with E-state index in [0.717, 1.165) is 0 Å². The van der Waals surface area contributed by atoms with E-state index in [1.807, 2.05) is 24.3 Å². The average molecular weight is 414 g/mol. The van der Waals surface area contributed by atoms with Crippen molar-refractivity contribution in [3.8, 4) is 17.5 Å². The molecule has 0 aliphatic rings. The molecule has 0 atom stereocenters. The Bertz CT molecular complexity index is 1230. The zero-order valence-corrected chi connectivity index (χ0v) is 17.3. The van der Waals surface area contributed by atoms with Gasteiger partial charge in [-0.1, -0.05) is 43.0 Å². The number of hydrogen-bond acceptors (Lipinski definition) is 4. The number of benzene rings is 2. The van der Waals surface area contributed by atoms with Crippen LogP contribution < -0.4 is 15.6 Å². The van der Waals surface area contributed by atoms with Gasteiger partial charge in [0.2, 0.25) is 0 Å². The predicted molar refractivity (Wildman–Crippen MR) is 120 cm³/mol. The summed E-state index contributed by atoms with van der Waals surface area (Å²) in [5, 5.41) is 12.1. The van der Waals surface area contributed by atoms with Crippen LogP contribution in [0.1, 0.15) is 11.3 Å². The number of carbonyl (C=O) groups is 1. The third-order valence-corrected chi connectivity index (χ3v) is 4.72. The first-order valence-electron chi connectivity index (χ1n) is 9.57. The molecule has 2 aromatic carbocycles. The zero-order chi connectivity index (χ0) is 22.4. The monoisotopic (exact) mass is 414 g/mol. The first-order valence-corrected chi connectivity index (χ1v) is 9.57. The molecule has 156 valence electrons. The van der Waals surface area contributed by atoms with Crippen LogP contribution in [0.4, 0.5) is 5.69 Å². The maximum absolute atomic E-state index is 12.9. The van der Waals surface area contributed by atoms with Gasteiger partial charge in [-0.25, -0.2) is 4.68 Å². The minimum absolute atomic E-state index is 0.117. The number of nitrogens with zero attached hydrogens (tertiary/aromatic N) is 3. The van der Waals surface area contributed by atoms with Gasteiger partial charge < -0.3 is 10.1 Å². The van der Waals surface area contributed by atoms with Crippen LogP contribution in [-0.2, 0) is 11.8 Å². The van der Waals surface area contributed by atoms with Crippen LogP contribution in [0.5, 0.6) is 5.75 Å². The molecule has 7 nitrogen and oxygen atoms in total. The van der Waals surface area contributed by atoms with Gasteiger partial charge in [-0.2, -0.15) is 5.26 Å². The molecule has 3 aromatic rings. The van der Waals surface area contributed by atoms with E-state index in [1.54, 1.807) is 61.1 Å². The number of para-hydroxylation sites is 1. The summed E-state index contributed by atoms with van der Waals surface area (Å²) in [5.41, 5.74) is 1.54. The summed E-state index contributed by atoms with van der Waals surface area (Å²) < 4.78 is 8.54. The Kier molecular flexibility index (Phi) is 6.53. The highest BCUT2D eigenvalue weighted by molar-refractivity contribution is 6.09. The molecule has 0 aliphatic carbocycles. The number of nitrogens with one attached hydrogen (secondary N) is 1. The van der Waals surface area contributed by atoms with Gasteiger partial charge in [-0.15, -0.1) is 0 Å². The van der Waals surface area contributed by atoms with Gasteiger partial charge in [0.25, 0.3) is 11.5 Å². The third kappa shape index (κ3) is 4.65. The highest BCUT2D eigenvalue weighted by Gasteiger charge is 2.19. The van der Waals surface area contributed by atoms with Crippen molar-refractivity contribution in [3.05, 3.63) is 94.4 Å². The van der Waals surface area contributed by atoms with Gasteiger partial charge in [0.15, 0.2) is 0 Å². The number of carbonyl (C=O) groups excluding carboxylic acids is 1. The molecule has 0 spiro atoms. The maximum atomic E-state index is 12.9. The molecule has 0 saturated heterocycles. The molecule has 1 N–H and O–H groups in total. The van der Waals surface area contributed by atoms with Crippen molar-refractivity contribution in [1.82, 2.24) is 9.36 Å². The van der Waals surface area contributed by atoms with Crippen LogP contribution in [0.15, 0.2) is 77.6 Å². The van der Waals surface area contributed by atoms with Crippen LogP contribution in [-0.4, -0.2) is 21.9 Å². The zero-order valence-electron chi connectivity index (χ0n) is 17.3. The molecule has 0 saturated carbocycles. The molecular formula is C24H22N4O3. The van der Waals surface area contributed by atoms with Gasteiger partial charge in [-0.05, 0) is 42.8 Å². The summed E-state index contributed by atoms with van der Waals surface area (Å²) >= 11 is 0. The fraction of sp³-hybridized carbons (Fsp3) is 0.125. The van der Waals surface area contributed by atoms with Crippen LogP contribution in [0.2, 0.25) is 0 Å². The van der Waals surface area contributed by atoms with Gasteiger partial charge in [0.1, 0.15) is 29.7 Å². The van der Waals surface area contributed by atoms with Gasteiger partial charge in [0, 0.05) is 7.05 Å². The lowest BCUT2D eigenvalue weighted by molar-refractivity contribution is -0.112. The number of rotatable bonds is 7. The van der Waals surface area contributed by atoms with Crippen molar-refractivity contribution < 1.29 is 9.53 Å². The highest BCUT2D eigenvalue weighted by atomic mass is 16.5. The minimum atomic E-state index is -0.652. The number of ether oxygens (including phenoxy) is 1. The van der Waals surface area contributed by atoms with Crippen LogP contribution in [0.3, 0.4) is 0 Å². The molecule has 1 amide bonds. The number of aromatic nitrogens is 2. The lowest BCUT2D eigenvalue weighted by atomic mass is 10.1. The van der Waals surface area contributed by atoms with Crippen molar-refractivity contribution in [2.45, 2.75) is 6.92 Å². The Morgan fingerprint density at radius 2 is 1.87 bits per heavy atom. The van der Waals surface area contributed by atoms with Crippen molar-refractivity contribution in [3.63, 3.8) is 0 Å². The number of nitriles is 1. The Hall–Kier alpha value is -4.31. The molecular weight excluding hydrogens is 392 g/mol. The number of hydrogen-bond donors (Lipinski definition) is 1. The molecule has 0 fully saturated rings. The smallest absolute Gasteiger partial charge is 0.295 e. The van der Waals surface area contributed by atoms with Crippen molar-refractivity contribution in [1.29, 1.82) is 5.26 Å². The molecule has 3 rings (SSSR count).